The van der Waals surface area contributed by atoms with Gasteiger partial charge in [-0.3, -0.25) is 24.3 Å². The molecule has 1 heterocycles. The van der Waals surface area contributed by atoms with Crippen molar-refractivity contribution in [3.05, 3.63) is 93.3 Å². The Morgan fingerprint density at radius 2 is 1.88 bits per heavy atom. The highest BCUT2D eigenvalue weighted by molar-refractivity contribution is 7.99. The van der Waals surface area contributed by atoms with Crippen molar-refractivity contribution in [2.45, 2.75) is 5.16 Å². The number of anilines is 1. The van der Waals surface area contributed by atoms with Crippen LogP contribution in [0.4, 0.5) is 11.4 Å². The van der Waals surface area contributed by atoms with Gasteiger partial charge in [-0.2, -0.15) is 0 Å². The molecule has 3 aromatic carbocycles. The van der Waals surface area contributed by atoms with Gasteiger partial charge in [0.2, 0.25) is 5.91 Å². The topological polar surface area (TPSA) is 116 Å². The summed E-state index contributed by atoms with van der Waals surface area (Å²) in [5.41, 5.74) is 1.20. The molecule has 0 spiro atoms. The van der Waals surface area contributed by atoms with Crippen LogP contribution in [-0.2, 0) is 4.79 Å². The molecule has 0 aliphatic heterocycles. The SMILES string of the molecule is COc1cccc(-n2c(SCC(=O)Nc3ccc([N+](=O)[O-])cc3)nc3ccccc3c2=O)c1. The number of non-ortho nitro benzene ring substituents is 1. The minimum Gasteiger partial charge on any atom is -0.497 e. The number of rotatable bonds is 7. The van der Waals surface area contributed by atoms with Crippen molar-refractivity contribution in [3.8, 4) is 11.4 Å². The Kier molecular flexibility index (Phi) is 6.36. The molecule has 0 atom stereocenters. The Balaban J connectivity index is 1.63. The van der Waals surface area contributed by atoms with Crippen molar-refractivity contribution < 1.29 is 14.5 Å². The predicted molar refractivity (Wildman–Crippen MR) is 126 cm³/mol. The van der Waals surface area contributed by atoms with E-state index in [0.29, 0.717) is 33.2 Å². The Bertz CT molecular complexity index is 1400. The molecule has 166 valence electrons. The van der Waals surface area contributed by atoms with Crippen molar-refractivity contribution in [1.29, 1.82) is 0 Å². The summed E-state index contributed by atoms with van der Waals surface area (Å²) in [5, 5.41) is 14.3. The summed E-state index contributed by atoms with van der Waals surface area (Å²) in [6, 6.07) is 19.6. The van der Waals surface area contributed by atoms with Crippen molar-refractivity contribution in [1.82, 2.24) is 9.55 Å². The third-order valence-electron chi connectivity index (χ3n) is 4.75. The van der Waals surface area contributed by atoms with Gasteiger partial charge in [0.1, 0.15) is 5.75 Å². The van der Waals surface area contributed by atoms with Gasteiger partial charge in [0, 0.05) is 23.9 Å². The third kappa shape index (κ3) is 4.85. The van der Waals surface area contributed by atoms with Crippen LogP contribution in [0.2, 0.25) is 0 Å². The number of carbonyl (C=O) groups excluding carboxylic acids is 1. The zero-order chi connectivity index (χ0) is 23.4. The highest BCUT2D eigenvalue weighted by Gasteiger charge is 2.15. The van der Waals surface area contributed by atoms with Crippen LogP contribution in [0.3, 0.4) is 0 Å². The maximum absolute atomic E-state index is 13.3. The number of amides is 1. The smallest absolute Gasteiger partial charge is 0.269 e. The summed E-state index contributed by atoms with van der Waals surface area (Å²) in [7, 11) is 1.54. The van der Waals surface area contributed by atoms with Crippen LogP contribution < -0.4 is 15.6 Å². The van der Waals surface area contributed by atoms with E-state index in [9.17, 15) is 19.7 Å². The molecule has 0 saturated heterocycles. The Labute approximate surface area is 192 Å². The van der Waals surface area contributed by atoms with Crippen LogP contribution in [0.15, 0.2) is 82.7 Å². The Morgan fingerprint density at radius 3 is 2.61 bits per heavy atom. The normalized spacial score (nSPS) is 10.7. The lowest BCUT2D eigenvalue weighted by Crippen LogP contribution is -2.23. The molecule has 1 amide bonds. The number of ether oxygens (including phenoxy) is 1. The highest BCUT2D eigenvalue weighted by atomic mass is 32.2. The zero-order valence-electron chi connectivity index (χ0n) is 17.4. The second-order valence-corrected chi connectivity index (χ2v) is 7.84. The second-order valence-electron chi connectivity index (χ2n) is 6.89. The van der Waals surface area contributed by atoms with Crippen LogP contribution in [0.25, 0.3) is 16.6 Å². The standard InChI is InChI=1S/C23H18N4O5S/c1-32-18-6-4-5-17(13-18)26-22(29)19-7-2-3-8-20(19)25-23(26)33-14-21(28)24-15-9-11-16(12-10-15)27(30)31/h2-13H,14H2,1H3,(H,24,28). The molecule has 1 N–H and O–H groups in total. The molecule has 0 radical (unpaired) electrons. The average Bonchev–Trinajstić information content (AvgIpc) is 2.83. The largest absolute Gasteiger partial charge is 0.497 e. The molecule has 0 saturated carbocycles. The van der Waals surface area contributed by atoms with Crippen LogP contribution in [0.5, 0.6) is 5.75 Å². The lowest BCUT2D eigenvalue weighted by Gasteiger charge is -2.14. The van der Waals surface area contributed by atoms with Gasteiger partial charge >= 0.3 is 0 Å². The lowest BCUT2D eigenvalue weighted by atomic mass is 10.2. The lowest BCUT2D eigenvalue weighted by molar-refractivity contribution is -0.384. The Morgan fingerprint density at radius 1 is 1.12 bits per heavy atom. The number of nitrogens with one attached hydrogen (secondary N) is 1. The fourth-order valence-corrected chi connectivity index (χ4v) is 3.99. The number of nitrogens with zero attached hydrogens (tertiary/aromatic N) is 3. The van der Waals surface area contributed by atoms with E-state index >= 15 is 0 Å². The van der Waals surface area contributed by atoms with Gasteiger partial charge in [-0.05, 0) is 36.4 Å². The third-order valence-corrected chi connectivity index (χ3v) is 5.69. The number of benzene rings is 3. The maximum Gasteiger partial charge on any atom is 0.269 e. The number of aromatic nitrogens is 2. The van der Waals surface area contributed by atoms with E-state index in [1.54, 1.807) is 55.6 Å². The van der Waals surface area contributed by atoms with Crippen molar-refractivity contribution in [2.24, 2.45) is 0 Å². The summed E-state index contributed by atoms with van der Waals surface area (Å²) in [6.45, 7) is 0. The first-order valence-corrected chi connectivity index (χ1v) is 10.8. The monoisotopic (exact) mass is 462 g/mol. The van der Waals surface area contributed by atoms with E-state index < -0.39 is 4.92 Å². The van der Waals surface area contributed by atoms with Crippen LogP contribution in [-0.4, -0.2) is 33.2 Å². The van der Waals surface area contributed by atoms with Gasteiger partial charge in [0.15, 0.2) is 5.16 Å². The number of thioether (sulfide) groups is 1. The van der Waals surface area contributed by atoms with Gasteiger partial charge in [0.25, 0.3) is 11.2 Å². The maximum atomic E-state index is 13.3. The number of nitro benzene ring substituents is 1. The number of fused-ring (bicyclic) bond motifs is 1. The summed E-state index contributed by atoms with van der Waals surface area (Å²) in [6.07, 6.45) is 0. The molecular formula is C23H18N4O5S. The summed E-state index contributed by atoms with van der Waals surface area (Å²) in [5.74, 6) is 0.221. The highest BCUT2D eigenvalue weighted by Crippen LogP contribution is 2.24. The van der Waals surface area contributed by atoms with Crippen LogP contribution in [0.1, 0.15) is 0 Å². The number of para-hydroxylation sites is 1. The number of nitro groups is 1. The van der Waals surface area contributed by atoms with Crippen LogP contribution >= 0.6 is 11.8 Å². The molecular weight excluding hydrogens is 444 g/mol. The predicted octanol–water partition coefficient (Wildman–Crippen LogP) is 4.03. The molecule has 1 aromatic heterocycles. The fraction of sp³-hybridized carbons (Fsp3) is 0.0870. The molecule has 0 fully saturated rings. The molecule has 4 rings (SSSR count). The number of hydrogen-bond donors (Lipinski definition) is 1. The van der Waals surface area contributed by atoms with Gasteiger partial charge in [-0.1, -0.05) is 30.0 Å². The van der Waals surface area contributed by atoms with Gasteiger partial charge in [-0.25, -0.2) is 4.98 Å². The molecule has 33 heavy (non-hydrogen) atoms. The quantitative estimate of drug-likeness (QED) is 0.191. The summed E-state index contributed by atoms with van der Waals surface area (Å²) >= 11 is 1.11. The van der Waals surface area contributed by atoms with Crippen molar-refractivity contribution >= 4 is 39.9 Å². The molecule has 0 bridgehead atoms. The molecule has 0 aliphatic rings. The molecule has 4 aromatic rings. The second kappa shape index (κ2) is 9.53. The molecule has 9 nitrogen and oxygen atoms in total. The Hall–Kier alpha value is -4.18. The van der Waals surface area contributed by atoms with Gasteiger partial charge in [0.05, 0.1) is 34.4 Å². The first-order valence-electron chi connectivity index (χ1n) is 9.79. The first-order chi connectivity index (χ1) is 16.0. The minimum absolute atomic E-state index is 0.0221. The molecule has 10 heteroatoms. The zero-order valence-corrected chi connectivity index (χ0v) is 18.2. The van der Waals surface area contributed by atoms with E-state index in [0.717, 1.165) is 11.8 Å². The fourth-order valence-electron chi connectivity index (χ4n) is 3.18. The van der Waals surface area contributed by atoms with E-state index in [4.69, 9.17) is 4.74 Å². The number of hydrogen-bond acceptors (Lipinski definition) is 7. The molecule has 0 aliphatic carbocycles. The number of carbonyl (C=O) groups is 1. The van der Waals surface area contributed by atoms with E-state index in [1.165, 1.54) is 28.8 Å². The van der Waals surface area contributed by atoms with Gasteiger partial charge in [-0.15, -0.1) is 0 Å². The van der Waals surface area contributed by atoms with E-state index in [-0.39, 0.29) is 22.9 Å². The van der Waals surface area contributed by atoms with E-state index in [1.807, 2.05) is 0 Å². The number of methoxy groups -OCH3 is 1. The van der Waals surface area contributed by atoms with Gasteiger partial charge < -0.3 is 10.1 Å². The molecule has 0 unspecified atom stereocenters. The summed E-state index contributed by atoms with van der Waals surface area (Å²) < 4.78 is 6.74. The van der Waals surface area contributed by atoms with Crippen molar-refractivity contribution in [2.75, 3.05) is 18.2 Å². The first kappa shape index (κ1) is 22.0. The van der Waals surface area contributed by atoms with Crippen molar-refractivity contribution in [3.63, 3.8) is 0 Å². The minimum atomic E-state index is -0.509. The average molecular weight is 462 g/mol. The summed E-state index contributed by atoms with van der Waals surface area (Å²) in [4.78, 5) is 40.7. The van der Waals surface area contributed by atoms with E-state index in [2.05, 4.69) is 10.3 Å². The van der Waals surface area contributed by atoms with Crippen LogP contribution in [0, 0.1) is 10.1 Å².